The predicted molar refractivity (Wildman–Crippen MR) is 94.2 cm³/mol. The monoisotopic (exact) mass is 402 g/mol. The normalized spacial score (nSPS) is 18.4. The van der Waals surface area contributed by atoms with Crippen molar-refractivity contribution in [1.29, 1.82) is 0 Å². The molecule has 154 valence electrons. The van der Waals surface area contributed by atoms with Gasteiger partial charge in [0.15, 0.2) is 0 Å². The number of urea groups is 1. The second-order valence-corrected chi connectivity index (χ2v) is 6.97. The summed E-state index contributed by atoms with van der Waals surface area (Å²) in [6, 6.07) is 1.23. The molecule has 2 aliphatic rings. The van der Waals surface area contributed by atoms with Crippen LogP contribution in [0.25, 0.3) is 0 Å². The molecule has 1 N–H and O–H groups in total. The van der Waals surface area contributed by atoms with E-state index in [9.17, 15) is 27.2 Å². The highest BCUT2D eigenvalue weighted by atomic mass is 19.4. The van der Waals surface area contributed by atoms with Gasteiger partial charge in [-0.1, -0.05) is 0 Å². The minimum Gasteiger partial charge on any atom is -0.342 e. The molecule has 2 saturated heterocycles. The number of benzene rings is 1. The second-order valence-electron chi connectivity index (χ2n) is 6.97. The number of alkyl halides is 3. The average molecular weight is 402 g/mol. The molecule has 0 saturated carbocycles. The molecule has 1 aromatic rings. The van der Waals surface area contributed by atoms with Crippen molar-refractivity contribution in [3.8, 4) is 0 Å². The van der Waals surface area contributed by atoms with E-state index in [0.717, 1.165) is 25.9 Å². The van der Waals surface area contributed by atoms with Crippen LogP contribution in [-0.4, -0.2) is 72.5 Å². The van der Waals surface area contributed by atoms with Crippen LogP contribution in [0.2, 0.25) is 0 Å². The molecule has 0 atom stereocenters. The first-order valence-corrected chi connectivity index (χ1v) is 9.17. The molecule has 10 heteroatoms. The molecule has 0 unspecified atom stereocenters. The number of halogens is 4. The number of hydrogen-bond acceptors (Lipinski definition) is 3. The molecule has 3 rings (SSSR count). The van der Waals surface area contributed by atoms with E-state index in [1.54, 1.807) is 0 Å². The van der Waals surface area contributed by atoms with Crippen molar-refractivity contribution in [3.05, 3.63) is 29.6 Å². The van der Waals surface area contributed by atoms with Crippen LogP contribution < -0.4 is 5.32 Å². The number of hydrogen-bond donors (Lipinski definition) is 1. The zero-order valence-corrected chi connectivity index (χ0v) is 15.3. The SMILES string of the molecule is O=C(CN1CCN(C(=O)Nc2cc(C(F)(F)F)ccc2F)CC1)N1CCCC1. The molecule has 0 aromatic heterocycles. The predicted octanol–water partition coefficient (Wildman–Crippen LogP) is 2.62. The smallest absolute Gasteiger partial charge is 0.342 e. The standard InChI is InChI=1S/C18H22F4N4O2/c19-14-4-3-13(18(20,21)22)11-15(14)23-17(28)26-9-7-24(8-10-26)12-16(27)25-5-1-2-6-25/h3-4,11H,1-2,5-10,12H2,(H,23,28). The van der Waals surface area contributed by atoms with Gasteiger partial charge in [-0.25, -0.2) is 9.18 Å². The molecule has 1 aromatic carbocycles. The maximum absolute atomic E-state index is 13.8. The lowest BCUT2D eigenvalue weighted by molar-refractivity contribution is -0.137. The third kappa shape index (κ3) is 4.92. The van der Waals surface area contributed by atoms with E-state index >= 15 is 0 Å². The fraction of sp³-hybridized carbons (Fsp3) is 0.556. The number of carbonyl (C=O) groups is 2. The van der Waals surface area contributed by atoms with E-state index in [4.69, 9.17) is 0 Å². The van der Waals surface area contributed by atoms with Crippen LogP contribution in [0.3, 0.4) is 0 Å². The Morgan fingerprint density at radius 1 is 0.964 bits per heavy atom. The van der Waals surface area contributed by atoms with Gasteiger partial charge in [0.05, 0.1) is 17.8 Å². The lowest BCUT2D eigenvalue weighted by Gasteiger charge is -2.35. The summed E-state index contributed by atoms with van der Waals surface area (Å²) in [4.78, 5) is 29.6. The fourth-order valence-electron chi connectivity index (χ4n) is 3.36. The van der Waals surface area contributed by atoms with Gasteiger partial charge in [-0.15, -0.1) is 0 Å². The Balaban J connectivity index is 1.52. The molecule has 6 nitrogen and oxygen atoms in total. The Kier molecular flexibility index (Phi) is 6.07. The Labute approximate surface area is 160 Å². The quantitative estimate of drug-likeness (QED) is 0.791. The lowest BCUT2D eigenvalue weighted by Crippen LogP contribution is -2.52. The van der Waals surface area contributed by atoms with Crippen molar-refractivity contribution < 1.29 is 27.2 Å². The van der Waals surface area contributed by atoms with E-state index in [1.165, 1.54) is 4.90 Å². The van der Waals surface area contributed by atoms with Gasteiger partial charge in [0.1, 0.15) is 5.82 Å². The third-order valence-corrected chi connectivity index (χ3v) is 5.01. The Morgan fingerprint density at radius 2 is 1.61 bits per heavy atom. The summed E-state index contributed by atoms with van der Waals surface area (Å²) in [7, 11) is 0. The topological polar surface area (TPSA) is 55.9 Å². The summed E-state index contributed by atoms with van der Waals surface area (Å²) in [5.41, 5.74) is -1.54. The summed E-state index contributed by atoms with van der Waals surface area (Å²) < 4.78 is 52.1. The molecule has 0 spiro atoms. The fourth-order valence-corrected chi connectivity index (χ4v) is 3.36. The molecule has 28 heavy (non-hydrogen) atoms. The van der Waals surface area contributed by atoms with Gasteiger partial charge >= 0.3 is 12.2 Å². The van der Waals surface area contributed by atoms with Crippen molar-refractivity contribution in [2.45, 2.75) is 19.0 Å². The van der Waals surface area contributed by atoms with Gasteiger partial charge in [0.2, 0.25) is 5.91 Å². The lowest BCUT2D eigenvalue weighted by atomic mass is 10.2. The number of nitrogens with zero attached hydrogens (tertiary/aromatic N) is 3. The van der Waals surface area contributed by atoms with Crippen molar-refractivity contribution in [3.63, 3.8) is 0 Å². The average Bonchev–Trinajstić information content (AvgIpc) is 3.18. The second kappa shape index (κ2) is 8.34. The Hall–Kier alpha value is -2.36. The summed E-state index contributed by atoms with van der Waals surface area (Å²) in [6.07, 6.45) is -2.59. The Morgan fingerprint density at radius 3 is 2.21 bits per heavy atom. The van der Waals surface area contributed by atoms with Crippen molar-refractivity contribution in [2.24, 2.45) is 0 Å². The number of carbonyl (C=O) groups excluding carboxylic acids is 2. The number of rotatable bonds is 3. The van der Waals surface area contributed by atoms with Crippen LogP contribution in [0.1, 0.15) is 18.4 Å². The highest BCUT2D eigenvalue weighted by Crippen LogP contribution is 2.31. The number of piperazine rings is 1. The number of likely N-dealkylation sites (tertiary alicyclic amines) is 1. The van der Waals surface area contributed by atoms with Crippen LogP contribution in [0.15, 0.2) is 18.2 Å². The number of anilines is 1. The van der Waals surface area contributed by atoms with Gasteiger partial charge in [0, 0.05) is 39.3 Å². The van der Waals surface area contributed by atoms with Crippen LogP contribution >= 0.6 is 0 Å². The highest BCUT2D eigenvalue weighted by molar-refractivity contribution is 5.89. The molecule has 0 bridgehead atoms. The van der Waals surface area contributed by atoms with Gasteiger partial charge in [0.25, 0.3) is 0 Å². The molecule has 2 heterocycles. The van der Waals surface area contributed by atoms with E-state index in [1.807, 2.05) is 9.80 Å². The Bertz CT molecular complexity index is 727. The molecular weight excluding hydrogens is 380 g/mol. The summed E-state index contributed by atoms with van der Waals surface area (Å²) in [6.45, 7) is 3.40. The number of amides is 3. The maximum atomic E-state index is 13.8. The van der Waals surface area contributed by atoms with Crippen molar-refractivity contribution in [1.82, 2.24) is 14.7 Å². The summed E-state index contributed by atoms with van der Waals surface area (Å²) in [5.74, 6) is -0.863. The first-order valence-electron chi connectivity index (χ1n) is 9.17. The maximum Gasteiger partial charge on any atom is 0.416 e. The third-order valence-electron chi connectivity index (χ3n) is 5.01. The molecule has 0 aliphatic carbocycles. The van der Waals surface area contributed by atoms with Crippen LogP contribution in [0.4, 0.5) is 28.0 Å². The van der Waals surface area contributed by atoms with Gasteiger partial charge in [-0.2, -0.15) is 13.2 Å². The molecular formula is C18H22F4N4O2. The van der Waals surface area contributed by atoms with E-state index in [-0.39, 0.29) is 12.5 Å². The minimum atomic E-state index is -4.62. The highest BCUT2D eigenvalue weighted by Gasteiger charge is 2.32. The largest absolute Gasteiger partial charge is 0.416 e. The van der Waals surface area contributed by atoms with Crippen LogP contribution in [-0.2, 0) is 11.0 Å². The van der Waals surface area contributed by atoms with Crippen LogP contribution in [0.5, 0.6) is 0 Å². The zero-order valence-electron chi connectivity index (χ0n) is 15.3. The van der Waals surface area contributed by atoms with Crippen molar-refractivity contribution in [2.75, 3.05) is 51.1 Å². The molecule has 2 aliphatic heterocycles. The van der Waals surface area contributed by atoms with E-state index in [0.29, 0.717) is 44.4 Å². The first kappa shape index (κ1) is 20.4. The van der Waals surface area contributed by atoms with Crippen LogP contribution in [0, 0.1) is 5.82 Å². The number of nitrogens with one attached hydrogen (secondary N) is 1. The first-order chi connectivity index (χ1) is 13.2. The van der Waals surface area contributed by atoms with E-state index < -0.39 is 29.3 Å². The molecule has 2 fully saturated rings. The van der Waals surface area contributed by atoms with Gasteiger partial charge in [-0.3, -0.25) is 9.69 Å². The summed E-state index contributed by atoms with van der Waals surface area (Å²) in [5, 5.41) is 2.21. The van der Waals surface area contributed by atoms with Gasteiger partial charge in [-0.05, 0) is 31.0 Å². The van der Waals surface area contributed by atoms with E-state index in [2.05, 4.69) is 5.32 Å². The van der Waals surface area contributed by atoms with Gasteiger partial charge < -0.3 is 15.1 Å². The summed E-state index contributed by atoms with van der Waals surface area (Å²) >= 11 is 0. The molecule has 3 amide bonds. The van der Waals surface area contributed by atoms with Crippen molar-refractivity contribution >= 4 is 17.6 Å². The molecule has 0 radical (unpaired) electrons. The zero-order chi connectivity index (χ0) is 20.3. The minimum absolute atomic E-state index is 0.0708.